The molecule has 0 aliphatic carbocycles. The zero-order valence-corrected chi connectivity index (χ0v) is 26.4. The highest BCUT2D eigenvalue weighted by Gasteiger charge is 2.09. The van der Waals surface area contributed by atoms with E-state index in [0.717, 1.165) is 11.1 Å². The van der Waals surface area contributed by atoms with Crippen LogP contribution in [0.25, 0.3) is 22.9 Å². The van der Waals surface area contributed by atoms with E-state index in [9.17, 15) is 14.4 Å². The van der Waals surface area contributed by atoms with Crippen molar-refractivity contribution >= 4 is 17.8 Å². The first kappa shape index (κ1) is 40.4. The number of esters is 1. The summed E-state index contributed by atoms with van der Waals surface area (Å²) in [4.78, 5) is 35.3. The normalized spacial score (nSPS) is 8.98. The number of aromatic carboxylic acids is 1. The lowest BCUT2D eigenvalue weighted by Gasteiger charge is -1.95. The Morgan fingerprint density at radius 3 is 1.41 bits per heavy atom. The van der Waals surface area contributed by atoms with Crippen molar-refractivity contribution in [2.45, 2.75) is 0 Å². The predicted molar refractivity (Wildman–Crippen MR) is 184 cm³/mol. The number of methoxy groups -OCH3 is 1. The van der Waals surface area contributed by atoms with E-state index in [1.54, 1.807) is 60.7 Å². The van der Waals surface area contributed by atoms with Gasteiger partial charge in [0.15, 0.2) is 0 Å². The maximum atomic E-state index is 10.8. The van der Waals surface area contributed by atoms with Gasteiger partial charge in [0.1, 0.15) is 5.69 Å². The number of nitrogens with two attached hydrogens (primary N) is 3. The molecule has 0 bridgehead atoms. The Balaban J connectivity index is 0.000000331. The number of amides is 1. The molecule has 2 aromatic heterocycles. The molecule has 0 atom stereocenters. The first-order chi connectivity index (χ1) is 23.4. The molecule has 14 heteroatoms. The molecule has 6 aromatic rings. The summed E-state index contributed by atoms with van der Waals surface area (Å²) in [5.74, 6) is 12.5. The lowest BCUT2D eigenvalue weighted by atomic mass is 10.2. The van der Waals surface area contributed by atoms with Gasteiger partial charge in [0.25, 0.3) is 5.91 Å². The monoisotopic (exact) mass is 667 g/mol. The fraction of sp³-hybridized carbons (Fsp3) is 0.0286. The van der Waals surface area contributed by atoms with Crippen molar-refractivity contribution in [2.75, 3.05) is 7.11 Å². The highest BCUT2D eigenvalue weighted by molar-refractivity contribution is 5.93. The quantitative estimate of drug-likeness (QED) is 0.0758. The van der Waals surface area contributed by atoms with Gasteiger partial charge in [-0.15, -0.1) is 10.2 Å². The third-order valence-corrected chi connectivity index (χ3v) is 5.71. The molecule has 0 saturated heterocycles. The molecular weight excluding hydrogens is 630 g/mol. The Morgan fingerprint density at radius 1 is 0.653 bits per heavy atom. The van der Waals surface area contributed by atoms with Crippen LogP contribution in [0.4, 0.5) is 0 Å². The Morgan fingerprint density at radius 2 is 1.06 bits per heavy atom. The Kier molecular flexibility index (Phi) is 19.6. The summed E-state index contributed by atoms with van der Waals surface area (Å²) in [6.45, 7) is 0. The van der Waals surface area contributed by atoms with Gasteiger partial charge in [0.05, 0.1) is 12.7 Å². The maximum Gasteiger partial charge on any atom is 0.354 e. The van der Waals surface area contributed by atoms with Crippen molar-refractivity contribution in [1.29, 1.82) is 0 Å². The van der Waals surface area contributed by atoms with Gasteiger partial charge in [-0.1, -0.05) is 78.9 Å². The van der Waals surface area contributed by atoms with Crippen molar-refractivity contribution in [1.82, 2.24) is 20.6 Å². The second-order valence-electron chi connectivity index (χ2n) is 8.86. The smallest absolute Gasteiger partial charge is 0.354 e. The van der Waals surface area contributed by atoms with Gasteiger partial charge in [-0.05, 0) is 60.7 Å². The van der Waals surface area contributed by atoms with E-state index < -0.39 is 5.97 Å². The van der Waals surface area contributed by atoms with Crippen molar-refractivity contribution in [3.63, 3.8) is 0 Å². The summed E-state index contributed by atoms with van der Waals surface area (Å²) >= 11 is 0. The zero-order chi connectivity index (χ0) is 35.0. The number of carboxylic acids is 1. The van der Waals surface area contributed by atoms with Crippen molar-refractivity contribution < 1.29 is 34.1 Å². The van der Waals surface area contributed by atoms with Crippen molar-refractivity contribution in [3.8, 4) is 22.9 Å². The average Bonchev–Trinajstić information content (AvgIpc) is 3.68. The van der Waals surface area contributed by atoms with Crippen LogP contribution in [0.15, 0.2) is 150 Å². The number of rotatable bonds is 5. The SMILES string of the molecule is COC(=O)c1ccccc1.NN.NNC(=O)c1ccccc1.O.O=C(O)c1ccccn1.c1ccc(-c2nnc(-c3ccccc3)o2)cc1. The topological polar surface area (TPSA) is 254 Å². The zero-order valence-electron chi connectivity index (χ0n) is 26.4. The minimum Gasteiger partial charge on any atom is -0.477 e. The van der Waals surface area contributed by atoms with Crippen LogP contribution < -0.4 is 23.0 Å². The van der Waals surface area contributed by atoms with Crippen LogP contribution in [0.3, 0.4) is 0 Å². The number of nitrogen functional groups attached to an aromatic ring is 1. The average molecular weight is 668 g/mol. The van der Waals surface area contributed by atoms with Gasteiger partial charge in [0, 0.05) is 22.9 Å². The Hall–Kier alpha value is -6.58. The molecule has 0 spiro atoms. The molecule has 1 amide bonds. The molecule has 49 heavy (non-hydrogen) atoms. The van der Waals surface area contributed by atoms with E-state index in [1.165, 1.54) is 19.4 Å². The molecule has 0 fully saturated rings. The number of carbonyl (C=O) groups excluding carboxylic acids is 2. The molecule has 2 heterocycles. The van der Waals surface area contributed by atoms with Crippen molar-refractivity contribution in [2.24, 2.45) is 17.5 Å². The van der Waals surface area contributed by atoms with Crippen LogP contribution in [-0.4, -0.2) is 50.7 Å². The van der Waals surface area contributed by atoms with Gasteiger partial charge in [0.2, 0.25) is 11.8 Å². The lowest BCUT2D eigenvalue weighted by Crippen LogP contribution is -2.29. The molecular formula is C35H37N7O7. The first-order valence-electron chi connectivity index (χ1n) is 14.0. The number of nitrogens with zero attached hydrogens (tertiary/aromatic N) is 3. The van der Waals surface area contributed by atoms with E-state index in [4.69, 9.17) is 15.4 Å². The van der Waals surface area contributed by atoms with E-state index in [2.05, 4.69) is 31.6 Å². The first-order valence-corrected chi connectivity index (χ1v) is 14.0. The molecule has 0 radical (unpaired) electrons. The summed E-state index contributed by atoms with van der Waals surface area (Å²) in [5, 5.41) is 16.4. The van der Waals surface area contributed by atoms with Crippen LogP contribution in [0.5, 0.6) is 0 Å². The van der Waals surface area contributed by atoms with Crippen LogP contribution in [0.1, 0.15) is 31.2 Å². The number of pyridine rings is 1. The predicted octanol–water partition coefficient (Wildman–Crippen LogP) is 3.94. The van der Waals surface area contributed by atoms with Crippen LogP contribution in [-0.2, 0) is 4.74 Å². The summed E-state index contributed by atoms with van der Waals surface area (Å²) in [6.07, 6.45) is 1.45. The summed E-state index contributed by atoms with van der Waals surface area (Å²) in [7, 11) is 1.37. The molecule has 0 aliphatic heterocycles. The number of benzene rings is 4. The number of ether oxygens (including phenoxy) is 1. The third-order valence-electron chi connectivity index (χ3n) is 5.71. The standard InChI is InChI=1S/C14H10N2O.C8H8O2.C7H8N2O.C6H5NO2.H4N2.H2O/c1-3-7-11(8-4-1)13-15-16-14(17-13)12-9-5-2-6-10-12;1-10-8(9)7-5-3-2-4-6-7;8-9-7(10)6-4-2-1-3-5-6;8-6(9)5-3-1-2-4-7-5;1-2;/h1-10H;2-6H,1H3;1-5H,8H2,(H,9,10);1-4H,(H,8,9);1-2H2;1H2. The minimum atomic E-state index is -0.990. The van der Waals surface area contributed by atoms with Gasteiger partial charge in [-0.2, -0.15) is 0 Å². The van der Waals surface area contributed by atoms with Crippen LogP contribution in [0, 0.1) is 0 Å². The molecule has 0 saturated carbocycles. The van der Waals surface area contributed by atoms with Crippen molar-refractivity contribution in [3.05, 3.63) is 163 Å². The molecule has 14 nitrogen and oxygen atoms in total. The molecule has 0 aliphatic rings. The van der Waals surface area contributed by atoms with E-state index in [1.807, 2.05) is 78.2 Å². The fourth-order valence-electron chi connectivity index (χ4n) is 3.47. The molecule has 254 valence electrons. The number of nitrogens with one attached hydrogen (secondary N) is 1. The number of hydrazine groups is 2. The molecule has 0 unspecified atom stereocenters. The second kappa shape index (κ2) is 23.7. The highest BCUT2D eigenvalue weighted by Crippen LogP contribution is 2.23. The summed E-state index contributed by atoms with van der Waals surface area (Å²) < 4.78 is 10.1. The second-order valence-corrected chi connectivity index (χ2v) is 8.86. The maximum absolute atomic E-state index is 10.8. The third kappa shape index (κ3) is 14.6. The molecule has 10 N–H and O–H groups in total. The number of carboxylic acid groups (broad SMARTS) is 1. The number of aromatic nitrogens is 3. The van der Waals surface area contributed by atoms with E-state index in [-0.39, 0.29) is 23.0 Å². The van der Waals surface area contributed by atoms with E-state index >= 15 is 0 Å². The van der Waals surface area contributed by atoms with Gasteiger partial charge in [-0.25, -0.2) is 20.4 Å². The minimum absolute atomic E-state index is 0. The fourth-order valence-corrected chi connectivity index (χ4v) is 3.47. The van der Waals surface area contributed by atoms with Crippen LogP contribution in [0.2, 0.25) is 0 Å². The number of hydrogen-bond acceptors (Lipinski definition) is 11. The molecule has 4 aromatic carbocycles. The largest absolute Gasteiger partial charge is 0.477 e. The van der Waals surface area contributed by atoms with Gasteiger partial charge < -0.3 is 19.7 Å². The highest BCUT2D eigenvalue weighted by atomic mass is 16.5. The van der Waals surface area contributed by atoms with Gasteiger partial charge in [-0.3, -0.25) is 21.9 Å². The summed E-state index contributed by atoms with van der Waals surface area (Å²) in [6, 6.07) is 41.9. The van der Waals surface area contributed by atoms with Crippen LogP contribution >= 0.6 is 0 Å². The Bertz CT molecular complexity index is 1660. The van der Waals surface area contributed by atoms with E-state index in [0.29, 0.717) is 22.9 Å². The molecule has 6 rings (SSSR count). The summed E-state index contributed by atoms with van der Waals surface area (Å²) in [5.41, 5.74) is 5.15. The number of hydrogen-bond donors (Lipinski definition) is 5. The lowest BCUT2D eigenvalue weighted by molar-refractivity contribution is 0.0599. The Labute approximate surface area is 282 Å². The van der Waals surface area contributed by atoms with Gasteiger partial charge >= 0.3 is 11.9 Å². The number of carbonyl (C=O) groups is 3.